The number of rotatable bonds is 3. The summed E-state index contributed by atoms with van der Waals surface area (Å²) >= 11 is 0. The van der Waals surface area contributed by atoms with Crippen LogP contribution >= 0.6 is 0 Å². The first-order valence-corrected chi connectivity index (χ1v) is 7.40. The van der Waals surface area contributed by atoms with E-state index in [2.05, 4.69) is 10.4 Å². The predicted molar refractivity (Wildman–Crippen MR) is 79.9 cm³/mol. The van der Waals surface area contributed by atoms with Crippen molar-refractivity contribution >= 4 is 5.91 Å². The molecule has 0 spiro atoms. The van der Waals surface area contributed by atoms with Gasteiger partial charge in [0.1, 0.15) is 0 Å². The van der Waals surface area contributed by atoms with E-state index in [1.54, 1.807) is 4.68 Å². The minimum absolute atomic E-state index is 0.112. The summed E-state index contributed by atoms with van der Waals surface area (Å²) in [6, 6.07) is 0.961. The second-order valence-electron chi connectivity index (χ2n) is 5.88. The summed E-state index contributed by atoms with van der Waals surface area (Å²) in [6.07, 6.45) is 4.44. The van der Waals surface area contributed by atoms with Gasteiger partial charge in [0.2, 0.25) is 0 Å². The molecular weight excluding hydrogens is 252 g/mol. The average molecular weight is 278 g/mol. The van der Waals surface area contributed by atoms with Crippen LogP contribution in [0, 0.1) is 13.8 Å². The highest BCUT2D eigenvalue weighted by atomic mass is 16.2. The third-order valence-electron chi connectivity index (χ3n) is 4.70. The van der Waals surface area contributed by atoms with Gasteiger partial charge in [-0.2, -0.15) is 5.10 Å². The van der Waals surface area contributed by atoms with Gasteiger partial charge < -0.3 is 10.2 Å². The van der Waals surface area contributed by atoms with E-state index >= 15 is 0 Å². The molecule has 0 radical (unpaired) electrons. The molecule has 0 unspecified atom stereocenters. The topological polar surface area (TPSA) is 50.2 Å². The second-order valence-corrected chi connectivity index (χ2v) is 5.88. The van der Waals surface area contributed by atoms with Crippen molar-refractivity contribution < 1.29 is 4.79 Å². The molecule has 0 atom stereocenters. The maximum absolute atomic E-state index is 12.7. The lowest BCUT2D eigenvalue weighted by molar-refractivity contribution is 0.0684. The first-order chi connectivity index (χ1) is 9.45. The summed E-state index contributed by atoms with van der Waals surface area (Å²) < 4.78 is 1.79. The van der Waals surface area contributed by atoms with Crippen molar-refractivity contribution in [3.8, 4) is 0 Å². The normalized spacial score (nSPS) is 22.9. The standard InChI is InChI=1S/C15H26N4O/c1-10-14(11(2)19(5)17-10)15(20)18(4)13-8-6-12(16-3)7-9-13/h12-13,16H,6-9H2,1-5H3. The minimum atomic E-state index is 0.112. The molecule has 0 bridgehead atoms. The van der Waals surface area contributed by atoms with Gasteiger partial charge in [0, 0.05) is 31.9 Å². The Bertz CT molecular complexity index is 486. The fourth-order valence-corrected chi connectivity index (χ4v) is 3.18. The lowest BCUT2D eigenvalue weighted by atomic mass is 9.90. The number of carbonyl (C=O) groups excluding carboxylic acids is 1. The fraction of sp³-hybridized carbons (Fsp3) is 0.733. The van der Waals surface area contributed by atoms with Gasteiger partial charge in [0.05, 0.1) is 11.3 Å². The van der Waals surface area contributed by atoms with Crippen molar-refractivity contribution in [2.45, 2.75) is 51.6 Å². The Labute approximate surface area is 121 Å². The van der Waals surface area contributed by atoms with Gasteiger partial charge in [-0.3, -0.25) is 9.48 Å². The largest absolute Gasteiger partial charge is 0.339 e. The van der Waals surface area contributed by atoms with Crippen LogP contribution in [0.3, 0.4) is 0 Å². The van der Waals surface area contributed by atoms with Crippen LogP contribution in [-0.2, 0) is 7.05 Å². The van der Waals surface area contributed by atoms with E-state index in [0.29, 0.717) is 12.1 Å². The minimum Gasteiger partial charge on any atom is -0.339 e. The van der Waals surface area contributed by atoms with Crippen LogP contribution in [0.25, 0.3) is 0 Å². The molecule has 2 rings (SSSR count). The number of hydrogen-bond acceptors (Lipinski definition) is 3. The summed E-state index contributed by atoms with van der Waals surface area (Å²) in [7, 11) is 5.83. The van der Waals surface area contributed by atoms with E-state index in [9.17, 15) is 4.79 Å². The molecule has 1 aliphatic carbocycles. The van der Waals surface area contributed by atoms with Gasteiger partial charge in [-0.05, 0) is 46.6 Å². The second kappa shape index (κ2) is 5.95. The van der Waals surface area contributed by atoms with Crippen molar-refractivity contribution in [2.75, 3.05) is 14.1 Å². The first-order valence-electron chi connectivity index (χ1n) is 7.40. The molecule has 0 aliphatic heterocycles. The summed E-state index contributed by atoms with van der Waals surface area (Å²) in [5.74, 6) is 0.112. The third-order valence-corrected chi connectivity index (χ3v) is 4.70. The van der Waals surface area contributed by atoms with Crippen LogP contribution in [0.2, 0.25) is 0 Å². The van der Waals surface area contributed by atoms with Crippen molar-refractivity contribution in [1.29, 1.82) is 0 Å². The monoisotopic (exact) mass is 278 g/mol. The predicted octanol–water partition coefficient (Wildman–Crippen LogP) is 1.64. The molecule has 0 saturated heterocycles. The van der Waals surface area contributed by atoms with E-state index in [-0.39, 0.29) is 5.91 Å². The van der Waals surface area contributed by atoms with Crippen LogP contribution in [0.1, 0.15) is 47.4 Å². The average Bonchev–Trinajstić information content (AvgIpc) is 2.71. The smallest absolute Gasteiger partial charge is 0.257 e. The number of nitrogens with one attached hydrogen (secondary N) is 1. The van der Waals surface area contributed by atoms with E-state index in [1.807, 2.05) is 39.9 Å². The molecule has 1 saturated carbocycles. The maximum Gasteiger partial charge on any atom is 0.257 e. The Morgan fingerprint density at radius 1 is 1.30 bits per heavy atom. The highest BCUT2D eigenvalue weighted by Gasteiger charge is 2.28. The molecule has 5 nitrogen and oxygen atoms in total. The Hall–Kier alpha value is -1.36. The van der Waals surface area contributed by atoms with Crippen LogP contribution in [0.15, 0.2) is 0 Å². The van der Waals surface area contributed by atoms with Crippen molar-refractivity contribution in [3.63, 3.8) is 0 Å². The molecule has 1 amide bonds. The van der Waals surface area contributed by atoms with Gasteiger partial charge in [-0.1, -0.05) is 0 Å². The molecule has 1 aliphatic rings. The van der Waals surface area contributed by atoms with E-state index in [1.165, 1.54) is 0 Å². The van der Waals surface area contributed by atoms with Crippen molar-refractivity contribution in [1.82, 2.24) is 20.0 Å². The summed E-state index contributed by atoms with van der Waals surface area (Å²) in [4.78, 5) is 14.6. The van der Waals surface area contributed by atoms with Gasteiger partial charge in [0.15, 0.2) is 0 Å². The number of carbonyl (C=O) groups is 1. The number of amides is 1. The molecule has 5 heteroatoms. The SMILES string of the molecule is CNC1CCC(N(C)C(=O)c2c(C)nn(C)c2C)CC1. The molecule has 1 N–H and O–H groups in total. The van der Waals surface area contributed by atoms with E-state index in [4.69, 9.17) is 0 Å². The molecule has 20 heavy (non-hydrogen) atoms. The zero-order valence-corrected chi connectivity index (χ0v) is 13.2. The van der Waals surface area contributed by atoms with Gasteiger partial charge >= 0.3 is 0 Å². The van der Waals surface area contributed by atoms with Crippen LogP contribution < -0.4 is 5.32 Å². The van der Waals surface area contributed by atoms with Crippen LogP contribution in [0.5, 0.6) is 0 Å². The highest BCUT2D eigenvalue weighted by molar-refractivity contribution is 5.96. The van der Waals surface area contributed by atoms with Gasteiger partial charge in [0.25, 0.3) is 5.91 Å². The molecule has 1 fully saturated rings. The maximum atomic E-state index is 12.7. The number of aryl methyl sites for hydroxylation is 2. The number of aromatic nitrogens is 2. The molecule has 1 aromatic heterocycles. The van der Waals surface area contributed by atoms with Crippen molar-refractivity contribution in [3.05, 3.63) is 17.0 Å². The molecule has 112 valence electrons. The van der Waals surface area contributed by atoms with E-state index < -0.39 is 0 Å². The first kappa shape index (κ1) is 15.0. The lowest BCUT2D eigenvalue weighted by Crippen LogP contribution is -2.42. The summed E-state index contributed by atoms with van der Waals surface area (Å²) in [5, 5.41) is 7.67. The zero-order chi connectivity index (χ0) is 14.9. The highest BCUT2D eigenvalue weighted by Crippen LogP contribution is 2.24. The fourth-order valence-electron chi connectivity index (χ4n) is 3.18. The number of hydrogen-bond donors (Lipinski definition) is 1. The van der Waals surface area contributed by atoms with Gasteiger partial charge in [-0.25, -0.2) is 0 Å². The van der Waals surface area contributed by atoms with Crippen LogP contribution in [0.4, 0.5) is 0 Å². The summed E-state index contributed by atoms with van der Waals surface area (Å²) in [5.41, 5.74) is 2.54. The molecule has 0 aromatic carbocycles. The lowest BCUT2D eigenvalue weighted by Gasteiger charge is -2.34. The quantitative estimate of drug-likeness (QED) is 0.914. The van der Waals surface area contributed by atoms with Crippen molar-refractivity contribution in [2.24, 2.45) is 7.05 Å². The summed E-state index contributed by atoms with van der Waals surface area (Å²) in [6.45, 7) is 3.87. The zero-order valence-electron chi connectivity index (χ0n) is 13.2. The Balaban J connectivity index is 2.09. The van der Waals surface area contributed by atoms with E-state index in [0.717, 1.165) is 42.6 Å². The van der Waals surface area contributed by atoms with Crippen LogP contribution in [-0.4, -0.2) is 46.8 Å². The number of nitrogens with zero attached hydrogens (tertiary/aromatic N) is 3. The molecule has 1 heterocycles. The molecular formula is C15H26N4O. The Kier molecular flexibility index (Phi) is 4.48. The Morgan fingerprint density at radius 2 is 1.90 bits per heavy atom. The Morgan fingerprint density at radius 3 is 2.35 bits per heavy atom. The molecule has 1 aromatic rings. The third kappa shape index (κ3) is 2.73. The van der Waals surface area contributed by atoms with Gasteiger partial charge in [-0.15, -0.1) is 0 Å².